The first-order chi connectivity index (χ1) is 11.5. The lowest BCUT2D eigenvalue weighted by Crippen LogP contribution is -2.43. The number of aromatic nitrogens is 1. The van der Waals surface area contributed by atoms with Crippen molar-refractivity contribution in [3.8, 4) is 0 Å². The second kappa shape index (κ2) is 5.79. The molecule has 6 nitrogen and oxygen atoms in total. The van der Waals surface area contributed by atoms with E-state index in [4.69, 9.17) is 21.4 Å². The molecule has 7 heteroatoms. The second-order valence-corrected chi connectivity index (χ2v) is 6.72. The number of ether oxygens (including phenoxy) is 1. The molecule has 126 valence electrons. The number of benzene rings is 1. The molecular weight excluding hydrogens is 332 g/mol. The lowest BCUT2D eigenvalue weighted by molar-refractivity contribution is -0.155. The number of hydrogen-bond donors (Lipinski definition) is 1. The molecule has 4 rings (SSSR count). The summed E-state index contributed by atoms with van der Waals surface area (Å²) in [6.07, 6.45) is -0.655. The van der Waals surface area contributed by atoms with Crippen molar-refractivity contribution in [1.82, 2.24) is 9.47 Å². The maximum atomic E-state index is 12.6. The molecule has 0 bridgehead atoms. The molecule has 1 amide bonds. The molecule has 0 saturated carbocycles. The molecule has 24 heavy (non-hydrogen) atoms. The maximum absolute atomic E-state index is 12.6. The van der Waals surface area contributed by atoms with E-state index in [1.165, 1.54) is 0 Å². The second-order valence-electron chi connectivity index (χ2n) is 6.28. The van der Waals surface area contributed by atoms with Crippen molar-refractivity contribution < 1.29 is 19.4 Å². The van der Waals surface area contributed by atoms with Crippen LogP contribution in [0.15, 0.2) is 24.3 Å². The number of nitrogens with zero attached hydrogens (tertiary/aromatic N) is 2. The van der Waals surface area contributed by atoms with Crippen LogP contribution in [0.3, 0.4) is 0 Å². The summed E-state index contributed by atoms with van der Waals surface area (Å²) < 4.78 is 7.57. The zero-order valence-corrected chi connectivity index (χ0v) is 13.7. The van der Waals surface area contributed by atoms with Gasteiger partial charge in [-0.1, -0.05) is 17.7 Å². The van der Waals surface area contributed by atoms with Gasteiger partial charge in [-0.25, -0.2) is 4.79 Å². The van der Waals surface area contributed by atoms with E-state index in [-0.39, 0.29) is 5.91 Å². The Balaban J connectivity index is 1.53. The fourth-order valence-electron chi connectivity index (χ4n) is 3.57. The number of carboxylic acid groups (broad SMARTS) is 1. The largest absolute Gasteiger partial charge is 0.479 e. The molecule has 0 radical (unpaired) electrons. The highest BCUT2D eigenvalue weighted by atomic mass is 35.5. The minimum atomic E-state index is -0.999. The van der Waals surface area contributed by atoms with Crippen molar-refractivity contribution in [3.05, 3.63) is 35.0 Å². The number of carbonyl (C=O) groups excluding carboxylic acids is 1. The van der Waals surface area contributed by atoms with Crippen LogP contribution in [-0.4, -0.2) is 45.2 Å². The highest BCUT2D eigenvalue weighted by Crippen LogP contribution is 2.28. The van der Waals surface area contributed by atoms with E-state index < -0.39 is 18.2 Å². The molecular formula is C17H17ClN2O4. The quantitative estimate of drug-likeness (QED) is 0.903. The van der Waals surface area contributed by atoms with Crippen LogP contribution in [0.4, 0.5) is 0 Å². The summed E-state index contributed by atoms with van der Waals surface area (Å²) in [5, 5.41) is 10.8. The van der Waals surface area contributed by atoms with Crippen LogP contribution in [-0.2, 0) is 27.4 Å². The zero-order valence-electron chi connectivity index (χ0n) is 12.9. The smallest absolute Gasteiger partial charge is 0.332 e. The first-order valence-corrected chi connectivity index (χ1v) is 8.35. The Hall–Kier alpha value is -2.05. The van der Waals surface area contributed by atoms with Gasteiger partial charge in [-0.3, -0.25) is 4.79 Å². The minimum Gasteiger partial charge on any atom is -0.479 e. The number of halogens is 1. The number of amides is 1. The van der Waals surface area contributed by atoms with Crippen molar-refractivity contribution in [2.75, 3.05) is 6.54 Å². The third-order valence-corrected chi connectivity index (χ3v) is 5.02. The van der Waals surface area contributed by atoms with Crippen LogP contribution < -0.4 is 0 Å². The first kappa shape index (κ1) is 15.5. The molecule has 2 aliphatic rings. The van der Waals surface area contributed by atoms with E-state index in [0.29, 0.717) is 37.5 Å². The van der Waals surface area contributed by atoms with Crippen molar-refractivity contribution in [3.63, 3.8) is 0 Å². The number of rotatable bonds is 2. The van der Waals surface area contributed by atoms with Gasteiger partial charge in [0.25, 0.3) is 5.91 Å². The molecule has 0 unspecified atom stereocenters. The number of hydrogen-bond acceptors (Lipinski definition) is 3. The Labute approximate surface area is 143 Å². The van der Waals surface area contributed by atoms with Gasteiger partial charge in [0.2, 0.25) is 0 Å². The molecule has 0 spiro atoms. The molecule has 3 heterocycles. The third kappa shape index (κ3) is 2.56. The minimum absolute atomic E-state index is 0.117. The molecule has 2 aliphatic heterocycles. The number of fused-ring (bicyclic) bond motifs is 3. The Morgan fingerprint density at radius 2 is 1.96 bits per heavy atom. The van der Waals surface area contributed by atoms with E-state index in [0.717, 1.165) is 16.6 Å². The molecule has 1 aromatic heterocycles. The fourth-order valence-corrected chi connectivity index (χ4v) is 3.73. The van der Waals surface area contributed by atoms with E-state index >= 15 is 0 Å². The predicted octanol–water partition coefficient (Wildman–Crippen LogP) is 2.27. The van der Waals surface area contributed by atoms with Gasteiger partial charge in [-0.15, -0.1) is 0 Å². The molecule has 2 aromatic rings. The van der Waals surface area contributed by atoms with Crippen molar-refractivity contribution in [2.24, 2.45) is 0 Å². The Bertz CT molecular complexity index is 831. The highest BCUT2D eigenvalue weighted by molar-refractivity contribution is 6.31. The van der Waals surface area contributed by atoms with Crippen molar-refractivity contribution in [2.45, 2.75) is 38.1 Å². The van der Waals surface area contributed by atoms with Gasteiger partial charge >= 0.3 is 5.97 Å². The molecule has 0 aliphatic carbocycles. The van der Waals surface area contributed by atoms with E-state index in [1.807, 2.05) is 18.2 Å². The van der Waals surface area contributed by atoms with Gasteiger partial charge in [0, 0.05) is 34.7 Å². The maximum Gasteiger partial charge on any atom is 0.332 e. The van der Waals surface area contributed by atoms with Gasteiger partial charge in [0.1, 0.15) is 6.10 Å². The van der Waals surface area contributed by atoms with Crippen molar-refractivity contribution in [1.29, 1.82) is 0 Å². The number of aliphatic carboxylic acids is 1. The van der Waals surface area contributed by atoms with Crippen LogP contribution in [0, 0.1) is 0 Å². The van der Waals surface area contributed by atoms with Crippen LogP contribution in [0.5, 0.6) is 0 Å². The topological polar surface area (TPSA) is 71.8 Å². The zero-order chi connectivity index (χ0) is 16.8. The molecule has 1 N–H and O–H groups in total. The summed E-state index contributed by atoms with van der Waals surface area (Å²) in [5.41, 5.74) is 2.13. The summed E-state index contributed by atoms with van der Waals surface area (Å²) in [4.78, 5) is 25.4. The van der Waals surface area contributed by atoms with Crippen molar-refractivity contribution >= 4 is 34.4 Å². The Morgan fingerprint density at radius 1 is 1.17 bits per heavy atom. The summed E-state index contributed by atoms with van der Waals surface area (Å²) >= 11 is 6.08. The van der Waals surface area contributed by atoms with Gasteiger partial charge in [0.15, 0.2) is 6.10 Å². The van der Waals surface area contributed by atoms with E-state index in [9.17, 15) is 9.59 Å². The summed E-state index contributed by atoms with van der Waals surface area (Å²) in [7, 11) is 0. The fraction of sp³-hybridized carbons (Fsp3) is 0.412. The van der Waals surface area contributed by atoms with Gasteiger partial charge in [-0.2, -0.15) is 0 Å². The van der Waals surface area contributed by atoms with Crippen LogP contribution in [0.2, 0.25) is 5.02 Å². The molecule has 1 aromatic carbocycles. The predicted molar refractivity (Wildman–Crippen MR) is 87.9 cm³/mol. The average molecular weight is 349 g/mol. The van der Waals surface area contributed by atoms with E-state index in [2.05, 4.69) is 10.6 Å². The van der Waals surface area contributed by atoms with Crippen LogP contribution in [0.25, 0.3) is 10.9 Å². The first-order valence-electron chi connectivity index (χ1n) is 7.97. The summed E-state index contributed by atoms with van der Waals surface area (Å²) in [6.45, 7) is 1.78. The Kier molecular flexibility index (Phi) is 3.73. The molecule has 2 atom stereocenters. The molecule has 1 fully saturated rings. The summed E-state index contributed by atoms with van der Waals surface area (Å²) in [6, 6.07) is 7.85. The number of carbonyl (C=O) groups is 2. The molecule has 1 saturated heterocycles. The summed E-state index contributed by atoms with van der Waals surface area (Å²) in [5.74, 6) is -1.12. The van der Waals surface area contributed by atoms with Gasteiger partial charge < -0.3 is 19.3 Å². The monoisotopic (exact) mass is 348 g/mol. The Morgan fingerprint density at radius 3 is 2.71 bits per heavy atom. The lowest BCUT2D eigenvalue weighted by Gasteiger charge is -2.30. The SMILES string of the molecule is O=C(O)[C@@H]1CC[C@H](C(=O)N2CCn3c(cc4ccc(Cl)cc43)C2)O1. The average Bonchev–Trinajstić information content (AvgIpc) is 3.18. The lowest BCUT2D eigenvalue weighted by atomic mass is 10.1. The van der Waals surface area contributed by atoms with Crippen LogP contribution in [0.1, 0.15) is 18.5 Å². The van der Waals surface area contributed by atoms with E-state index in [1.54, 1.807) is 4.90 Å². The van der Waals surface area contributed by atoms with Crippen LogP contribution >= 0.6 is 11.6 Å². The number of carboxylic acids is 1. The van der Waals surface area contributed by atoms with Gasteiger partial charge in [0.05, 0.1) is 6.54 Å². The standard InChI is InChI=1S/C17H17ClN2O4/c18-11-2-1-10-7-12-9-19(5-6-20(12)13(10)8-11)16(21)14-3-4-15(24-14)17(22)23/h1-2,7-8,14-15H,3-6,9H2,(H,22,23)/t14-,15+/m1/s1. The van der Waals surface area contributed by atoms with Gasteiger partial charge in [-0.05, 0) is 31.0 Å². The highest BCUT2D eigenvalue weighted by Gasteiger charge is 2.37. The third-order valence-electron chi connectivity index (χ3n) is 4.78. The normalized spacial score (nSPS) is 23.5.